The van der Waals surface area contributed by atoms with Crippen molar-refractivity contribution < 1.29 is 0 Å². The highest BCUT2D eigenvalue weighted by atomic mass is 32.1. The third-order valence-corrected chi connectivity index (χ3v) is 8.76. The van der Waals surface area contributed by atoms with Crippen molar-refractivity contribution in [1.29, 1.82) is 0 Å². The molecule has 0 unspecified atom stereocenters. The van der Waals surface area contributed by atoms with Crippen molar-refractivity contribution in [3.8, 4) is 45.3 Å². The van der Waals surface area contributed by atoms with E-state index in [1.807, 2.05) is 47.7 Å². The molecule has 0 saturated carbocycles. The highest BCUT2D eigenvalue weighted by molar-refractivity contribution is 7.26. The second-order valence-electron chi connectivity index (χ2n) is 10.1. The fourth-order valence-electron chi connectivity index (χ4n) is 5.43. The number of aromatic nitrogens is 3. The van der Waals surface area contributed by atoms with E-state index in [-0.39, 0.29) is 0 Å². The van der Waals surface area contributed by atoms with Gasteiger partial charge in [0.2, 0.25) is 0 Å². The standard InChI is InChI=1S/C37H23N3S/c1-3-9-24(10-4-1)25-15-18-28(19-16-25)36-38-35(27-11-5-2-6-12-27)39-37(40-36)29-20-17-26-21-22-31-30-13-7-8-14-33(30)41-34(31)32(26)23-29/h1-23H. The molecule has 0 aliphatic carbocycles. The van der Waals surface area contributed by atoms with Gasteiger partial charge in [-0.1, -0.05) is 127 Å². The van der Waals surface area contributed by atoms with Gasteiger partial charge in [0, 0.05) is 42.2 Å². The smallest absolute Gasteiger partial charge is 0.164 e. The van der Waals surface area contributed by atoms with E-state index in [1.165, 1.54) is 36.5 Å². The molecule has 0 saturated heterocycles. The Morgan fingerprint density at radius 2 is 0.878 bits per heavy atom. The number of hydrogen-bond acceptors (Lipinski definition) is 4. The molecule has 8 aromatic rings. The summed E-state index contributed by atoms with van der Waals surface area (Å²) in [6.45, 7) is 0. The Labute approximate surface area is 241 Å². The fourth-order valence-corrected chi connectivity index (χ4v) is 6.66. The van der Waals surface area contributed by atoms with Crippen molar-refractivity contribution in [2.24, 2.45) is 0 Å². The van der Waals surface area contributed by atoms with Crippen LogP contribution >= 0.6 is 11.3 Å². The van der Waals surface area contributed by atoms with Crippen LogP contribution in [0.5, 0.6) is 0 Å². The molecule has 0 atom stereocenters. The third kappa shape index (κ3) is 4.26. The summed E-state index contributed by atoms with van der Waals surface area (Å²) in [5, 5.41) is 5.01. The molecule has 0 fully saturated rings. The Morgan fingerprint density at radius 1 is 0.366 bits per heavy atom. The molecule has 0 aliphatic heterocycles. The maximum Gasteiger partial charge on any atom is 0.164 e. The zero-order chi connectivity index (χ0) is 27.2. The van der Waals surface area contributed by atoms with Crippen LogP contribution in [0.1, 0.15) is 0 Å². The maximum atomic E-state index is 5.01. The monoisotopic (exact) mass is 541 g/mol. The van der Waals surface area contributed by atoms with E-state index in [9.17, 15) is 0 Å². The van der Waals surface area contributed by atoms with Crippen molar-refractivity contribution in [2.45, 2.75) is 0 Å². The summed E-state index contributed by atoms with van der Waals surface area (Å²) in [7, 11) is 0. The second kappa shape index (κ2) is 9.77. The third-order valence-electron chi connectivity index (χ3n) is 7.54. The van der Waals surface area contributed by atoms with Gasteiger partial charge in [-0.3, -0.25) is 0 Å². The largest absolute Gasteiger partial charge is 0.208 e. The van der Waals surface area contributed by atoms with Gasteiger partial charge in [-0.15, -0.1) is 11.3 Å². The summed E-state index contributed by atoms with van der Waals surface area (Å²) >= 11 is 1.84. The summed E-state index contributed by atoms with van der Waals surface area (Å²) in [6, 6.07) is 48.6. The van der Waals surface area contributed by atoms with Gasteiger partial charge in [-0.2, -0.15) is 0 Å². The molecular weight excluding hydrogens is 518 g/mol. The van der Waals surface area contributed by atoms with Crippen LogP contribution in [0.3, 0.4) is 0 Å². The lowest BCUT2D eigenvalue weighted by atomic mass is 10.0. The van der Waals surface area contributed by atoms with E-state index in [0.717, 1.165) is 22.3 Å². The molecule has 0 radical (unpaired) electrons. The molecule has 0 spiro atoms. The Kier molecular flexibility index (Phi) is 5.64. The van der Waals surface area contributed by atoms with Crippen molar-refractivity contribution in [1.82, 2.24) is 15.0 Å². The SMILES string of the molecule is c1ccc(-c2ccc(-c3nc(-c4ccccc4)nc(-c4ccc5ccc6c7ccccc7sc6c5c4)n3)cc2)cc1. The average Bonchev–Trinajstić information content (AvgIpc) is 3.45. The Morgan fingerprint density at radius 3 is 1.61 bits per heavy atom. The predicted octanol–water partition coefficient (Wildman–Crippen LogP) is 10.1. The highest BCUT2D eigenvalue weighted by Gasteiger charge is 2.14. The highest BCUT2D eigenvalue weighted by Crippen LogP contribution is 2.39. The molecule has 4 heteroatoms. The number of nitrogens with zero attached hydrogens (tertiary/aromatic N) is 3. The van der Waals surface area contributed by atoms with Gasteiger partial charge in [-0.25, -0.2) is 15.0 Å². The summed E-state index contributed by atoms with van der Waals surface area (Å²) in [4.78, 5) is 14.9. The summed E-state index contributed by atoms with van der Waals surface area (Å²) < 4.78 is 2.59. The van der Waals surface area contributed by atoms with E-state index in [0.29, 0.717) is 17.5 Å². The quantitative estimate of drug-likeness (QED) is 0.222. The fraction of sp³-hybridized carbons (Fsp3) is 0. The van der Waals surface area contributed by atoms with Gasteiger partial charge in [0.05, 0.1) is 0 Å². The van der Waals surface area contributed by atoms with E-state index in [2.05, 4.69) is 103 Å². The first-order chi connectivity index (χ1) is 20.3. The van der Waals surface area contributed by atoms with E-state index in [1.54, 1.807) is 0 Å². The number of thiophene rings is 1. The molecule has 41 heavy (non-hydrogen) atoms. The summed E-state index contributed by atoms with van der Waals surface area (Å²) in [6.07, 6.45) is 0. The van der Waals surface area contributed by atoms with Crippen LogP contribution in [0.2, 0.25) is 0 Å². The van der Waals surface area contributed by atoms with Crippen LogP contribution < -0.4 is 0 Å². The molecule has 2 heterocycles. The number of fused-ring (bicyclic) bond motifs is 5. The van der Waals surface area contributed by atoms with Crippen LogP contribution in [0.25, 0.3) is 76.2 Å². The topological polar surface area (TPSA) is 38.7 Å². The molecule has 6 aromatic carbocycles. The van der Waals surface area contributed by atoms with Crippen LogP contribution in [-0.4, -0.2) is 15.0 Å². The normalized spacial score (nSPS) is 11.4. The summed E-state index contributed by atoms with van der Waals surface area (Å²) in [5.74, 6) is 1.99. The molecule has 192 valence electrons. The maximum absolute atomic E-state index is 5.01. The minimum atomic E-state index is 0.661. The first-order valence-electron chi connectivity index (χ1n) is 13.6. The Bertz CT molecular complexity index is 2180. The van der Waals surface area contributed by atoms with Gasteiger partial charge in [0.1, 0.15) is 0 Å². The van der Waals surface area contributed by atoms with E-state index < -0.39 is 0 Å². The first-order valence-corrected chi connectivity index (χ1v) is 14.4. The van der Waals surface area contributed by atoms with Gasteiger partial charge < -0.3 is 0 Å². The lowest BCUT2D eigenvalue weighted by Crippen LogP contribution is -2.00. The van der Waals surface area contributed by atoms with Gasteiger partial charge in [-0.05, 0) is 28.6 Å². The number of hydrogen-bond donors (Lipinski definition) is 0. The molecule has 0 amide bonds. The van der Waals surface area contributed by atoms with Crippen LogP contribution in [0, 0.1) is 0 Å². The molecule has 0 N–H and O–H groups in total. The van der Waals surface area contributed by atoms with Crippen molar-refractivity contribution in [2.75, 3.05) is 0 Å². The molecule has 3 nitrogen and oxygen atoms in total. The zero-order valence-corrected chi connectivity index (χ0v) is 22.8. The lowest BCUT2D eigenvalue weighted by Gasteiger charge is -2.10. The molecule has 0 aliphatic rings. The minimum Gasteiger partial charge on any atom is -0.208 e. The summed E-state index contributed by atoms with van der Waals surface area (Å²) in [5.41, 5.74) is 5.24. The molecule has 2 aromatic heterocycles. The minimum absolute atomic E-state index is 0.661. The van der Waals surface area contributed by atoms with Gasteiger partial charge in [0.15, 0.2) is 17.5 Å². The zero-order valence-electron chi connectivity index (χ0n) is 22.0. The lowest BCUT2D eigenvalue weighted by molar-refractivity contribution is 1.07. The molecule has 0 bridgehead atoms. The van der Waals surface area contributed by atoms with Crippen LogP contribution in [-0.2, 0) is 0 Å². The molecule has 8 rings (SSSR count). The van der Waals surface area contributed by atoms with Gasteiger partial charge in [0.25, 0.3) is 0 Å². The average molecular weight is 542 g/mol. The Balaban J connectivity index is 1.29. The Hall–Kier alpha value is -5.19. The number of benzene rings is 6. The van der Waals surface area contributed by atoms with E-state index in [4.69, 9.17) is 15.0 Å². The number of rotatable bonds is 4. The predicted molar refractivity (Wildman–Crippen MR) is 172 cm³/mol. The van der Waals surface area contributed by atoms with Crippen molar-refractivity contribution in [3.63, 3.8) is 0 Å². The van der Waals surface area contributed by atoms with E-state index >= 15 is 0 Å². The van der Waals surface area contributed by atoms with Crippen molar-refractivity contribution in [3.05, 3.63) is 140 Å². The van der Waals surface area contributed by atoms with Gasteiger partial charge >= 0.3 is 0 Å². The van der Waals surface area contributed by atoms with Crippen LogP contribution in [0.4, 0.5) is 0 Å². The first kappa shape index (κ1) is 23.7. The van der Waals surface area contributed by atoms with Crippen LogP contribution in [0.15, 0.2) is 140 Å². The van der Waals surface area contributed by atoms with Crippen molar-refractivity contribution >= 4 is 42.3 Å². The molecular formula is C37H23N3S. The second-order valence-corrected chi connectivity index (χ2v) is 11.1.